The standard InChI is InChI=1S/C15H28N2/c1-14(2)11-17(9-12-5-4-6-12)15(3,10-16-14)13-7-8-13/h12-13,16H,4-11H2,1-3H3. The Bertz CT molecular complexity index is 291. The molecule has 3 fully saturated rings. The van der Waals surface area contributed by atoms with Crippen molar-refractivity contribution in [1.82, 2.24) is 10.2 Å². The van der Waals surface area contributed by atoms with Crippen molar-refractivity contribution in [1.29, 1.82) is 0 Å². The van der Waals surface area contributed by atoms with Gasteiger partial charge in [-0.25, -0.2) is 0 Å². The van der Waals surface area contributed by atoms with Crippen molar-refractivity contribution in [2.45, 2.75) is 64.0 Å². The number of nitrogens with one attached hydrogen (secondary N) is 1. The zero-order chi connectivity index (χ0) is 12.1. The Morgan fingerprint density at radius 1 is 1.12 bits per heavy atom. The fraction of sp³-hybridized carbons (Fsp3) is 1.00. The topological polar surface area (TPSA) is 15.3 Å². The van der Waals surface area contributed by atoms with Crippen LogP contribution >= 0.6 is 0 Å². The second kappa shape index (κ2) is 3.96. The third-order valence-electron chi connectivity index (χ3n) is 5.39. The summed E-state index contributed by atoms with van der Waals surface area (Å²) in [5, 5.41) is 3.77. The maximum atomic E-state index is 3.77. The Hall–Kier alpha value is -0.0800. The predicted molar refractivity (Wildman–Crippen MR) is 72.1 cm³/mol. The number of piperazine rings is 1. The van der Waals surface area contributed by atoms with E-state index >= 15 is 0 Å². The lowest BCUT2D eigenvalue weighted by Gasteiger charge is -2.53. The highest BCUT2D eigenvalue weighted by molar-refractivity contribution is 5.07. The maximum Gasteiger partial charge on any atom is 0.0334 e. The molecular weight excluding hydrogens is 208 g/mol. The molecule has 0 aromatic carbocycles. The molecule has 0 spiro atoms. The normalized spacial score (nSPS) is 39.0. The van der Waals surface area contributed by atoms with Gasteiger partial charge in [0.2, 0.25) is 0 Å². The lowest BCUT2D eigenvalue weighted by molar-refractivity contribution is -0.00855. The molecule has 0 amide bonds. The van der Waals surface area contributed by atoms with Gasteiger partial charge in [-0.3, -0.25) is 4.90 Å². The summed E-state index contributed by atoms with van der Waals surface area (Å²) < 4.78 is 0. The summed E-state index contributed by atoms with van der Waals surface area (Å²) in [5.41, 5.74) is 0.753. The minimum absolute atomic E-state index is 0.304. The van der Waals surface area contributed by atoms with E-state index in [1.54, 1.807) is 0 Å². The molecule has 0 aromatic rings. The van der Waals surface area contributed by atoms with Crippen LogP contribution in [-0.2, 0) is 0 Å². The monoisotopic (exact) mass is 236 g/mol. The molecule has 1 heterocycles. The van der Waals surface area contributed by atoms with Gasteiger partial charge in [-0.05, 0) is 58.3 Å². The molecule has 17 heavy (non-hydrogen) atoms. The van der Waals surface area contributed by atoms with Crippen LogP contribution in [0.2, 0.25) is 0 Å². The van der Waals surface area contributed by atoms with Crippen LogP contribution in [0.25, 0.3) is 0 Å². The molecule has 1 atom stereocenters. The van der Waals surface area contributed by atoms with Gasteiger partial charge < -0.3 is 5.32 Å². The van der Waals surface area contributed by atoms with E-state index in [0.29, 0.717) is 11.1 Å². The largest absolute Gasteiger partial charge is 0.309 e. The first-order chi connectivity index (χ1) is 8.00. The quantitative estimate of drug-likeness (QED) is 0.810. The number of nitrogens with zero attached hydrogens (tertiary/aromatic N) is 1. The van der Waals surface area contributed by atoms with E-state index in [9.17, 15) is 0 Å². The van der Waals surface area contributed by atoms with E-state index in [-0.39, 0.29) is 0 Å². The van der Waals surface area contributed by atoms with Crippen molar-refractivity contribution in [2.24, 2.45) is 11.8 Å². The highest BCUT2D eigenvalue weighted by atomic mass is 15.3. The van der Waals surface area contributed by atoms with Gasteiger partial charge >= 0.3 is 0 Å². The van der Waals surface area contributed by atoms with E-state index in [4.69, 9.17) is 0 Å². The van der Waals surface area contributed by atoms with Crippen molar-refractivity contribution >= 4 is 0 Å². The summed E-state index contributed by atoms with van der Waals surface area (Å²) >= 11 is 0. The van der Waals surface area contributed by atoms with E-state index in [1.807, 2.05) is 0 Å². The Balaban J connectivity index is 1.72. The van der Waals surface area contributed by atoms with Gasteiger partial charge in [-0.15, -0.1) is 0 Å². The van der Waals surface area contributed by atoms with E-state index in [0.717, 1.165) is 11.8 Å². The van der Waals surface area contributed by atoms with Crippen molar-refractivity contribution in [3.8, 4) is 0 Å². The zero-order valence-electron chi connectivity index (χ0n) is 11.8. The van der Waals surface area contributed by atoms with Crippen molar-refractivity contribution in [3.63, 3.8) is 0 Å². The molecule has 1 unspecified atom stereocenters. The first kappa shape index (κ1) is 12.0. The van der Waals surface area contributed by atoms with Crippen LogP contribution < -0.4 is 5.32 Å². The summed E-state index contributed by atoms with van der Waals surface area (Å²) in [4.78, 5) is 2.84. The van der Waals surface area contributed by atoms with Crippen LogP contribution in [0.1, 0.15) is 52.9 Å². The average molecular weight is 236 g/mol. The maximum absolute atomic E-state index is 3.77. The van der Waals surface area contributed by atoms with E-state index in [2.05, 4.69) is 31.0 Å². The summed E-state index contributed by atoms with van der Waals surface area (Å²) in [6.45, 7) is 11.0. The number of rotatable bonds is 3. The van der Waals surface area contributed by atoms with Crippen LogP contribution in [0.4, 0.5) is 0 Å². The minimum atomic E-state index is 0.304. The fourth-order valence-corrected chi connectivity index (χ4v) is 3.61. The van der Waals surface area contributed by atoms with Crippen LogP contribution in [0.15, 0.2) is 0 Å². The van der Waals surface area contributed by atoms with Gasteiger partial charge in [0.15, 0.2) is 0 Å². The number of hydrogen-bond acceptors (Lipinski definition) is 2. The van der Waals surface area contributed by atoms with Gasteiger partial charge in [0.25, 0.3) is 0 Å². The molecule has 2 nitrogen and oxygen atoms in total. The highest BCUT2D eigenvalue weighted by Crippen LogP contribution is 2.45. The van der Waals surface area contributed by atoms with Crippen LogP contribution in [0.5, 0.6) is 0 Å². The van der Waals surface area contributed by atoms with Crippen molar-refractivity contribution in [3.05, 3.63) is 0 Å². The molecule has 1 aliphatic heterocycles. The highest BCUT2D eigenvalue weighted by Gasteiger charge is 2.50. The molecule has 3 aliphatic rings. The minimum Gasteiger partial charge on any atom is -0.309 e. The SMILES string of the molecule is CC1(C)CN(CC2CCC2)C(C)(C2CC2)CN1. The van der Waals surface area contributed by atoms with Gasteiger partial charge in [0.1, 0.15) is 0 Å². The third kappa shape index (κ3) is 2.26. The lowest BCUT2D eigenvalue weighted by Crippen LogP contribution is -2.68. The van der Waals surface area contributed by atoms with Gasteiger partial charge in [0.05, 0.1) is 0 Å². The van der Waals surface area contributed by atoms with Crippen molar-refractivity contribution < 1.29 is 0 Å². The molecule has 2 aliphatic carbocycles. The molecule has 1 saturated heterocycles. The Labute approximate surface area is 106 Å². The van der Waals surface area contributed by atoms with Gasteiger partial charge in [-0.2, -0.15) is 0 Å². The first-order valence-electron chi connectivity index (χ1n) is 7.50. The van der Waals surface area contributed by atoms with Crippen LogP contribution in [0.3, 0.4) is 0 Å². The Morgan fingerprint density at radius 3 is 2.35 bits per heavy atom. The molecule has 0 bridgehead atoms. The van der Waals surface area contributed by atoms with Crippen LogP contribution in [0, 0.1) is 11.8 Å². The lowest BCUT2D eigenvalue weighted by atomic mass is 9.80. The van der Waals surface area contributed by atoms with Crippen molar-refractivity contribution in [2.75, 3.05) is 19.6 Å². The summed E-state index contributed by atoms with van der Waals surface area (Å²) in [7, 11) is 0. The van der Waals surface area contributed by atoms with E-state index < -0.39 is 0 Å². The molecule has 2 heteroatoms. The molecule has 2 saturated carbocycles. The second-order valence-corrected chi connectivity index (χ2v) is 7.55. The fourth-order valence-electron chi connectivity index (χ4n) is 3.61. The smallest absolute Gasteiger partial charge is 0.0334 e. The zero-order valence-corrected chi connectivity index (χ0v) is 11.8. The third-order valence-corrected chi connectivity index (χ3v) is 5.39. The van der Waals surface area contributed by atoms with E-state index in [1.165, 1.54) is 51.7 Å². The summed E-state index contributed by atoms with van der Waals surface area (Å²) in [6, 6.07) is 0. The first-order valence-corrected chi connectivity index (χ1v) is 7.50. The van der Waals surface area contributed by atoms with Gasteiger partial charge in [-0.1, -0.05) is 6.42 Å². The molecule has 3 rings (SSSR count). The second-order valence-electron chi connectivity index (χ2n) is 7.55. The molecule has 98 valence electrons. The summed E-state index contributed by atoms with van der Waals surface area (Å²) in [6.07, 6.45) is 7.34. The predicted octanol–water partition coefficient (Wildman–Crippen LogP) is 2.64. The average Bonchev–Trinajstić information content (AvgIpc) is 3.00. The van der Waals surface area contributed by atoms with Gasteiger partial charge in [0, 0.05) is 30.7 Å². The Kier molecular flexibility index (Phi) is 2.79. The van der Waals surface area contributed by atoms with Crippen LogP contribution in [-0.4, -0.2) is 35.6 Å². The summed E-state index contributed by atoms with van der Waals surface area (Å²) in [5.74, 6) is 1.97. The molecule has 1 N–H and O–H groups in total. The molecule has 0 radical (unpaired) electrons. The molecular formula is C15H28N2. The Morgan fingerprint density at radius 2 is 1.82 bits per heavy atom. The number of hydrogen-bond donors (Lipinski definition) is 1. The molecule has 0 aromatic heterocycles.